The Morgan fingerprint density at radius 3 is 3.04 bits per heavy atom. The molecule has 1 saturated heterocycles. The van der Waals surface area contributed by atoms with Crippen LogP contribution in [0.3, 0.4) is 0 Å². The van der Waals surface area contributed by atoms with Gasteiger partial charge in [-0.1, -0.05) is 0 Å². The molecule has 1 N–H and O–H groups in total. The van der Waals surface area contributed by atoms with Crippen molar-refractivity contribution in [1.29, 1.82) is 0 Å². The van der Waals surface area contributed by atoms with Crippen LogP contribution in [-0.2, 0) is 21.4 Å². The molecule has 0 aliphatic carbocycles. The van der Waals surface area contributed by atoms with Gasteiger partial charge in [-0.25, -0.2) is 4.79 Å². The molecular weight excluding hydrogens is 344 g/mol. The number of carbonyl (C=O) groups is 2. The van der Waals surface area contributed by atoms with Gasteiger partial charge < -0.3 is 4.74 Å². The smallest absolute Gasteiger partial charge is 0.355 e. The Balaban J connectivity index is 1.61. The summed E-state index contributed by atoms with van der Waals surface area (Å²) < 4.78 is 6.39. The monoisotopic (exact) mass is 356 g/mol. The average molecular weight is 356 g/mol. The van der Waals surface area contributed by atoms with Gasteiger partial charge in [-0.2, -0.15) is 4.98 Å². The molecule has 1 amide bonds. The number of thioether (sulfide) groups is 2. The number of hydrogen-bond acceptors (Lipinski definition) is 8. The Morgan fingerprint density at radius 1 is 1.52 bits per heavy atom. The van der Waals surface area contributed by atoms with Crippen LogP contribution in [0.15, 0.2) is 26.5 Å². The Bertz CT molecular complexity index is 814. The minimum absolute atomic E-state index is 0.0180. The molecule has 1 aromatic rings. The van der Waals surface area contributed by atoms with Crippen molar-refractivity contribution in [3.8, 4) is 0 Å². The van der Waals surface area contributed by atoms with Gasteiger partial charge in [-0.05, 0) is 17.8 Å². The molecule has 0 bridgehead atoms. The van der Waals surface area contributed by atoms with Crippen LogP contribution < -0.4 is 11.1 Å². The van der Waals surface area contributed by atoms with E-state index < -0.39 is 17.1 Å². The zero-order chi connectivity index (χ0) is 16.6. The third-order valence-corrected chi connectivity index (χ3v) is 5.25. The highest BCUT2D eigenvalue weighted by Crippen LogP contribution is 2.37. The second-order valence-corrected chi connectivity index (χ2v) is 6.84. The molecule has 2 aliphatic rings. The third-order valence-electron chi connectivity index (χ3n) is 3.27. The summed E-state index contributed by atoms with van der Waals surface area (Å²) in [6, 6.07) is 0. The van der Waals surface area contributed by atoms with Crippen molar-refractivity contribution in [2.24, 2.45) is 7.05 Å². The zero-order valence-corrected chi connectivity index (χ0v) is 13.6. The van der Waals surface area contributed by atoms with E-state index >= 15 is 0 Å². The van der Waals surface area contributed by atoms with Crippen molar-refractivity contribution in [2.45, 2.75) is 17.0 Å². The van der Waals surface area contributed by atoms with Gasteiger partial charge in [0.1, 0.15) is 11.6 Å². The molecule has 0 spiro atoms. The van der Waals surface area contributed by atoms with E-state index in [2.05, 4.69) is 10.1 Å². The lowest BCUT2D eigenvalue weighted by atomic mass is 10.1. The van der Waals surface area contributed by atoms with Gasteiger partial charge >= 0.3 is 17.1 Å². The number of aromatic amines is 1. The molecule has 0 unspecified atom stereocenters. The fourth-order valence-corrected chi connectivity index (χ4v) is 3.90. The molecule has 1 fully saturated rings. The molecule has 11 heteroatoms. The molecular formula is C12H12N4O5S2. The van der Waals surface area contributed by atoms with E-state index in [4.69, 9.17) is 4.74 Å². The van der Waals surface area contributed by atoms with E-state index in [0.717, 1.165) is 11.8 Å². The van der Waals surface area contributed by atoms with Gasteiger partial charge in [0.15, 0.2) is 5.16 Å². The standard InChI is InChI=1S/C12H12N4O5S2/c1-15-12(13-9(18)10(19)14-15)23-5-21-11(20)6-2-3-22-8-4-7(17)16(6)8/h2,8H,3-5H2,1H3,(H,14,19)/t8-/m1/s1. The summed E-state index contributed by atoms with van der Waals surface area (Å²) >= 11 is 2.58. The predicted octanol–water partition coefficient (Wildman–Crippen LogP) is -0.750. The van der Waals surface area contributed by atoms with Crippen LogP contribution in [-0.4, -0.2) is 48.6 Å². The highest BCUT2D eigenvalue weighted by Gasteiger charge is 2.43. The highest BCUT2D eigenvalue weighted by atomic mass is 32.2. The van der Waals surface area contributed by atoms with E-state index in [1.165, 1.54) is 16.6 Å². The van der Waals surface area contributed by atoms with Crippen molar-refractivity contribution in [1.82, 2.24) is 19.7 Å². The summed E-state index contributed by atoms with van der Waals surface area (Å²) in [6.45, 7) is 0. The fourth-order valence-electron chi connectivity index (χ4n) is 2.13. The van der Waals surface area contributed by atoms with Gasteiger partial charge in [0, 0.05) is 12.8 Å². The summed E-state index contributed by atoms with van der Waals surface area (Å²) in [6.07, 6.45) is 2.10. The quantitative estimate of drug-likeness (QED) is 0.246. The first-order chi connectivity index (χ1) is 11.0. The molecule has 2 aliphatic heterocycles. The number of hydrogen-bond donors (Lipinski definition) is 1. The topological polar surface area (TPSA) is 114 Å². The summed E-state index contributed by atoms with van der Waals surface area (Å²) in [5.41, 5.74) is -1.46. The first-order valence-electron chi connectivity index (χ1n) is 6.58. The number of H-pyrrole nitrogens is 1. The summed E-state index contributed by atoms with van der Waals surface area (Å²) in [5, 5.41) is 2.53. The van der Waals surface area contributed by atoms with Crippen molar-refractivity contribution in [3.05, 3.63) is 32.5 Å². The lowest BCUT2D eigenvalue weighted by molar-refractivity contribution is -0.148. The first-order valence-corrected chi connectivity index (χ1v) is 8.62. The summed E-state index contributed by atoms with van der Waals surface area (Å²) in [5.74, 6) is -0.127. The number of β-lactam (4-membered cyclic amide) rings is 1. The Labute approximate surface area is 138 Å². The van der Waals surface area contributed by atoms with E-state index in [1.54, 1.807) is 17.8 Å². The van der Waals surface area contributed by atoms with Gasteiger partial charge in [0.25, 0.3) is 0 Å². The van der Waals surface area contributed by atoms with Crippen LogP contribution in [0.5, 0.6) is 0 Å². The molecule has 9 nitrogen and oxygen atoms in total. The second kappa shape index (κ2) is 6.24. The Morgan fingerprint density at radius 2 is 2.30 bits per heavy atom. The van der Waals surface area contributed by atoms with E-state index in [1.807, 2.05) is 0 Å². The molecule has 1 aromatic heterocycles. The number of ether oxygens (including phenoxy) is 1. The lowest BCUT2D eigenvalue weighted by Gasteiger charge is -2.42. The summed E-state index contributed by atoms with van der Waals surface area (Å²) in [7, 11) is 1.52. The van der Waals surface area contributed by atoms with Crippen molar-refractivity contribution < 1.29 is 14.3 Å². The number of amides is 1. The number of carbonyl (C=O) groups excluding carboxylic acids is 2. The second-order valence-electron chi connectivity index (χ2n) is 4.74. The normalized spacial score (nSPS) is 19.7. The number of aromatic nitrogens is 3. The van der Waals surface area contributed by atoms with Crippen LogP contribution in [0.1, 0.15) is 6.42 Å². The molecule has 23 heavy (non-hydrogen) atoms. The van der Waals surface area contributed by atoms with Gasteiger partial charge in [0.05, 0.1) is 11.8 Å². The maximum absolute atomic E-state index is 12.1. The maximum atomic E-state index is 12.1. The first kappa shape index (κ1) is 15.9. The van der Waals surface area contributed by atoms with Crippen LogP contribution in [0.4, 0.5) is 0 Å². The van der Waals surface area contributed by atoms with Crippen LogP contribution in [0.25, 0.3) is 0 Å². The number of nitrogens with one attached hydrogen (secondary N) is 1. The molecule has 3 heterocycles. The van der Waals surface area contributed by atoms with E-state index in [0.29, 0.717) is 12.2 Å². The number of rotatable bonds is 4. The lowest BCUT2D eigenvalue weighted by Crippen LogP contribution is -2.53. The molecule has 3 rings (SSSR count). The zero-order valence-electron chi connectivity index (χ0n) is 12.0. The Kier molecular flexibility index (Phi) is 4.31. The molecule has 0 radical (unpaired) electrons. The SMILES string of the molecule is Cn1[nH]c(=O)c(=O)nc1SCOC(=O)C1=CCS[C@@H]2CC(=O)N12. The largest absolute Gasteiger partial charge is 0.449 e. The van der Waals surface area contributed by atoms with Crippen LogP contribution in [0.2, 0.25) is 0 Å². The highest BCUT2D eigenvalue weighted by molar-refractivity contribution is 8.00. The van der Waals surface area contributed by atoms with Crippen molar-refractivity contribution >= 4 is 35.4 Å². The molecule has 0 aromatic carbocycles. The van der Waals surface area contributed by atoms with Crippen molar-refractivity contribution in [3.63, 3.8) is 0 Å². The average Bonchev–Trinajstić information content (AvgIpc) is 2.50. The Hall–Kier alpha value is -2.01. The van der Waals surface area contributed by atoms with E-state index in [-0.39, 0.29) is 28.1 Å². The fraction of sp³-hybridized carbons (Fsp3) is 0.417. The molecule has 0 saturated carbocycles. The van der Waals surface area contributed by atoms with Crippen LogP contribution >= 0.6 is 23.5 Å². The minimum Gasteiger partial charge on any atom is -0.449 e. The molecule has 122 valence electrons. The number of fused-ring (bicyclic) bond motifs is 1. The number of aryl methyl sites for hydroxylation is 1. The minimum atomic E-state index is -0.905. The van der Waals surface area contributed by atoms with Gasteiger partial charge in [-0.15, -0.1) is 11.8 Å². The van der Waals surface area contributed by atoms with E-state index in [9.17, 15) is 19.2 Å². The summed E-state index contributed by atoms with van der Waals surface area (Å²) in [4.78, 5) is 51.0. The predicted molar refractivity (Wildman–Crippen MR) is 82.7 cm³/mol. The third kappa shape index (κ3) is 3.06. The number of esters is 1. The van der Waals surface area contributed by atoms with Gasteiger partial charge in [0.2, 0.25) is 5.91 Å². The molecule has 1 atom stereocenters. The van der Waals surface area contributed by atoms with Gasteiger partial charge in [-0.3, -0.25) is 29.1 Å². The van der Waals surface area contributed by atoms with Crippen LogP contribution in [0, 0.1) is 0 Å². The van der Waals surface area contributed by atoms with Crippen molar-refractivity contribution in [2.75, 3.05) is 11.7 Å². The number of nitrogens with zero attached hydrogens (tertiary/aromatic N) is 3. The maximum Gasteiger partial charge on any atom is 0.355 e.